The van der Waals surface area contributed by atoms with E-state index in [0.29, 0.717) is 6.07 Å². The maximum Gasteiger partial charge on any atom is 0.416 e. The molecule has 0 bridgehead atoms. The molecular weight excluding hydrogens is 317 g/mol. The first-order valence-corrected chi connectivity index (χ1v) is 5.40. The normalized spacial score (nSPS) is 11.8. The van der Waals surface area contributed by atoms with Crippen LogP contribution in [0.2, 0.25) is 0 Å². The van der Waals surface area contributed by atoms with Crippen LogP contribution in [-0.2, 0) is 6.18 Å². The van der Waals surface area contributed by atoms with Crippen molar-refractivity contribution < 1.29 is 22.8 Å². The largest absolute Gasteiger partial charge is 0.507 e. The fourth-order valence-corrected chi connectivity index (χ4v) is 2.12. The van der Waals surface area contributed by atoms with Crippen molar-refractivity contribution in [3.05, 3.63) is 28.4 Å². The summed E-state index contributed by atoms with van der Waals surface area (Å²) in [5.41, 5.74) is 4.80. The minimum atomic E-state index is -4.54. The van der Waals surface area contributed by atoms with E-state index < -0.39 is 17.5 Å². The van der Waals surface area contributed by atoms with Crippen LogP contribution < -0.4 is 5.73 Å². The van der Waals surface area contributed by atoms with Crippen molar-refractivity contribution in [1.29, 1.82) is 0 Å². The lowest BCUT2D eigenvalue weighted by Gasteiger charge is -2.11. The predicted octanol–water partition coefficient (Wildman–Crippen LogP) is 3.41. The van der Waals surface area contributed by atoms with Gasteiger partial charge in [0.25, 0.3) is 0 Å². The number of anilines is 1. The molecule has 0 saturated carbocycles. The van der Waals surface area contributed by atoms with E-state index in [-0.39, 0.29) is 21.5 Å². The highest BCUT2D eigenvalue weighted by Crippen LogP contribution is 2.43. The molecule has 0 aliphatic heterocycles. The van der Waals surface area contributed by atoms with Crippen LogP contribution >= 0.6 is 15.9 Å². The Kier molecular flexibility index (Phi) is 2.97. The van der Waals surface area contributed by atoms with E-state index in [2.05, 4.69) is 25.6 Å². The number of aromatic hydroxyl groups is 1. The molecule has 1 aromatic heterocycles. The number of hydrogen-bond donors (Lipinski definition) is 2. The van der Waals surface area contributed by atoms with Crippen LogP contribution in [-0.4, -0.2) is 10.3 Å². The first-order valence-electron chi connectivity index (χ1n) is 4.61. The zero-order valence-corrected chi connectivity index (χ0v) is 10.2. The van der Waals surface area contributed by atoms with Gasteiger partial charge in [-0.25, -0.2) is 0 Å². The van der Waals surface area contributed by atoms with Crippen LogP contribution in [0.5, 0.6) is 5.75 Å². The number of rotatable bonds is 1. The first-order chi connectivity index (χ1) is 8.30. The molecule has 96 valence electrons. The standard InChI is InChI=1S/C10H6BrF3N2O2/c11-6-1-4(10(12,13)14)2-7(17)8(6)5-3-16-18-9(5)15/h1-3,17H,15H2. The second kappa shape index (κ2) is 4.20. The molecule has 2 aromatic rings. The van der Waals surface area contributed by atoms with Crippen molar-refractivity contribution >= 4 is 21.8 Å². The number of nitrogens with zero attached hydrogens (tertiary/aromatic N) is 1. The van der Waals surface area contributed by atoms with E-state index in [1.807, 2.05) is 0 Å². The lowest BCUT2D eigenvalue weighted by atomic mass is 10.0. The van der Waals surface area contributed by atoms with E-state index in [1.165, 1.54) is 6.20 Å². The Morgan fingerprint density at radius 1 is 1.33 bits per heavy atom. The molecule has 2 rings (SSSR count). The zero-order chi connectivity index (χ0) is 13.5. The number of aromatic nitrogens is 1. The smallest absolute Gasteiger partial charge is 0.416 e. The Bertz CT molecular complexity index is 572. The third-order valence-corrected chi connectivity index (χ3v) is 2.89. The van der Waals surface area contributed by atoms with Crippen molar-refractivity contribution in [2.24, 2.45) is 0 Å². The molecule has 8 heteroatoms. The van der Waals surface area contributed by atoms with Crippen molar-refractivity contribution in [3.8, 4) is 16.9 Å². The predicted molar refractivity (Wildman–Crippen MR) is 60.7 cm³/mol. The highest BCUT2D eigenvalue weighted by atomic mass is 79.9. The average Bonchev–Trinajstić information content (AvgIpc) is 2.62. The monoisotopic (exact) mass is 322 g/mol. The van der Waals surface area contributed by atoms with E-state index >= 15 is 0 Å². The minimum absolute atomic E-state index is 0.0460. The van der Waals surface area contributed by atoms with E-state index in [4.69, 9.17) is 5.73 Å². The van der Waals surface area contributed by atoms with Crippen molar-refractivity contribution in [3.63, 3.8) is 0 Å². The summed E-state index contributed by atoms with van der Waals surface area (Å²) in [7, 11) is 0. The van der Waals surface area contributed by atoms with Crippen LogP contribution in [0, 0.1) is 0 Å². The number of nitrogens with two attached hydrogens (primary N) is 1. The number of halogens is 4. The van der Waals surface area contributed by atoms with Gasteiger partial charge < -0.3 is 15.4 Å². The summed E-state index contributed by atoms with van der Waals surface area (Å²) in [5, 5.41) is 13.1. The fraction of sp³-hybridized carbons (Fsp3) is 0.100. The molecule has 0 atom stereocenters. The molecule has 18 heavy (non-hydrogen) atoms. The second-order valence-electron chi connectivity index (χ2n) is 3.45. The molecule has 0 fully saturated rings. The van der Waals surface area contributed by atoms with E-state index in [9.17, 15) is 18.3 Å². The average molecular weight is 323 g/mol. The van der Waals surface area contributed by atoms with Gasteiger partial charge in [-0.3, -0.25) is 0 Å². The Morgan fingerprint density at radius 2 is 2.00 bits per heavy atom. The molecule has 0 radical (unpaired) electrons. The van der Waals surface area contributed by atoms with Gasteiger partial charge in [0.15, 0.2) is 0 Å². The zero-order valence-electron chi connectivity index (χ0n) is 8.62. The topological polar surface area (TPSA) is 72.3 Å². The van der Waals surface area contributed by atoms with Gasteiger partial charge in [-0.2, -0.15) is 13.2 Å². The van der Waals surface area contributed by atoms with Crippen LogP contribution in [0.1, 0.15) is 5.56 Å². The highest BCUT2D eigenvalue weighted by Gasteiger charge is 2.32. The fourth-order valence-electron chi connectivity index (χ4n) is 1.46. The maximum absolute atomic E-state index is 12.5. The number of phenols is 1. The third kappa shape index (κ3) is 2.15. The minimum Gasteiger partial charge on any atom is -0.507 e. The van der Waals surface area contributed by atoms with E-state index in [0.717, 1.165) is 6.07 Å². The Labute approximate surface area is 107 Å². The van der Waals surface area contributed by atoms with E-state index in [1.54, 1.807) is 0 Å². The van der Waals surface area contributed by atoms with Crippen LogP contribution in [0.25, 0.3) is 11.1 Å². The Morgan fingerprint density at radius 3 is 2.44 bits per heavy atom. The number of nitrogen functional groups attached to an aromatic ring is 1. The lowest BCUT2D eigenvalue weighted by molar-refractivity contribution is -0.137. The summed E-state index contributed by atoms with van der Waals surface area (Å²) in [6.07, 6.45) is -3.33. The Balaban J connectivity index is 2.62. The van der Waals surface area contributed by atoms with Crippen molar-refractivity contribution in [2.45, 2.75) is 6.18 Å². The van der Waals surface area contributed by atoms with Gasteiger partial charge in [0, 0.05) is 10.0 Å². The number of phenolic OH excluding ortho intramolecular Hbond substituents is 1. The summed E-state index contributed by atoms with van der Waals surface area (Å²) in [5.74, 6) is -0.655. The third-order valence-electron chi connectivity index (χ3n) is 2.26. The molecule has 0 aliphatic rings. The van der Waals surface area contributed by atoms with Gasteiger partial charge in [-0.1, -0.05) is 5.16 Å². The molecule has 4 nitrogen and oxygen atoms in total. The molecule has 0 spiro atoms. The van der Waals surface area contributed by atoms with Gasteiger partial charge in [0.1, 0.15) is 5.75 Å². The summed E-state index contributed by atoms with van der Waals surface area (Å²) < 4.78 is 42.2. The maximum atomic E-state index is 12.5. The molecular formula is C10H6BrF3N2O2. The molecule has 0 amide bonds. The van der Waals surface area contributed by atoms with Gasteiger partial charge >= 0.3 is 6.18 Å². The number of alkyl halides is 3. The van der Waals surface area contributed by atoms with Crippen LogP contribution in [0.3, 0.4) is 0 Å². The molecule has 0 aliphatic carbocycles. The first kappa shape index (κ1) is 12.7. The summed E-state index contributed by atoms with van der Waals surface area (Å²) >= 11 is 2.96. The summed E-state index contributed by atoms with van der Waals surface area (Å²) in [6, 6.07) is 1.47. The number of hydrogen-bond acceptors (Lipinski definition) is 4. The molecule has 1 heterocycles. The number of benzene rings is 1. The molecule has 0 saturated heterocycles. The lowest BCUT2D eigenvalue weighted by Crippen LogP contribution is -2.05. The van der Waals surface area contributed by atoms with Gasteiger partial charge in [0.2, 0.25) is 5.88 Å². The van der Waals surface area contributed by atoms with Crippen LogP contribution in [0.15, 0.2) is 27.3 Å². The summed E-state index contributed by atoms with van der Waals surface area (Å²) in [4.78, 5) is 0. The van der Waals surface area contributed by atoms with Gasteiger partial charge in [-0.15, -0.1) is 0 Å². The van der Waals surface area contributed by atoms with Crippen molar-refractivity contribution in [1.82, 2.24) is 5.16 Å². The quantitative estimate of drug-likeness (QED) is 0.843. The second-order valence-corrected chi connectivity index (χ2v) is 4.31. The van der Waals surface area contributed by atoms with Crippen molar-refractivity contribution in [2.75, 3.05) is 5.73 Å². The molecule has 1 aromatic carbocycles. The SMILES string of the molecule is Nc1oncc1-c1c(O)cc(C(F)(F)F)cc1Br. The van der Waals surface area contributed by atoms with Gasteiger partial charge in [0.05, 0.1) is 17.3 Å². The van der Waals surface area contributed by atoms with Gasteiger partial charge in [-0.05, 0) is 28.1 Å². The van der Waals surface area contributed by atoms with Crippen LogP contribution in [0.4, 0.5) is 19.1 Å². The molecule has 3 N–H and O–H groups in total. The summed E-state index contributed by atoms with van der Waals surface area (Å²) in [6.45, 7) is 0. The molecule has 0 unspecified atom stereocenters. The highest BCUT2D eigenvalue weighted by molar-refractivity contribution is 9.10. The Hall–Kier alpha value is -1.70.